The van der Waals surface area contributed by atoms with E-state index in [1.165, 1.54) is 35.2 Å². The number of imide groups is 1. The summed E-state index contributed by atoms with van der Waals surface area (Å²) in [5.74, 6) is -2.85. The van der Waals surface area contributed by atoms with Crippen LogP contribution in [0.25, 0.3) is 0 Å². The largest absolute Gasteiger partial charge is 0.367 e. The van der Waals surface area contributed by atoms with E-state index < -0.39 is 39.7 Å². The van der Waals surface area contributed by atoms with Crippen molar-refractivity contribution >= 4 is 33.5 Å². The fourth-order valence-corrected chi connectivity index (χ4v) is 5.51. The second kappa shape index (κ2) is 9.02. The maximum absolute atomic E-state index is 14.9. The fourth-order valence-electron chi connectivity index (χ4n) is 4.58. The molecule has 3 aliphatic heterocycles. The van der Waals surface area contributed by atoms with Crippen molar-refractivity contribution in [1.29, 1.82) is 0 Å². The van der Waals surface area contributed by atoms with Gasteiger partial charge in [-0.25, -0.2) is 4.39 Å². The number of piperidine rings is 1. The number of carbonyl (C=O) groups excluding carboxylic acids is 3. The smallest absolute Gasteiger partial charge is 0.318 e. The van der Waals surface area contributed by atoms with Gasteiger partial charge in [0.05, 0.1) is 10.6 Å². The molecule has 0 radical (unpaired) electrons. The number of hydrogen-bond acceptors (Lipinski definition) is 8. The van der Waals surface area contributed by atoms with Crippen LogP contribution in [-0.2, 0) is 30.5 Å². The van der Waals surface area contributed by atoms with Crippen LogP contribution < -0.4 is 10.2 Å². The van der Waals surface area contributed by atoms with Gasteiger partial charge in [0.25, 0.3) is 17.7 Å². The van der Waals surface area contributed by atoms with E-state index >= 15 is 0 Å². The lowest BCUT2D eigenvalue weighted by Gasteiger charge is -2.33. The molecule has 3 heterocycles. The molecular weight excluding hydrogens is 479 g/mol. The summed E-state index contributed by atoms with van der Waals surface area (Å²) in [5, 5.41) is 3.42. The SMILES string of the molecule is O=C1CC[C@H](N2Cc3cc(N4CCNCC4)c(F)cc3C2=O)C(=O)N1OS(=O)(=O)c1ccccc1. The Hall–Kier alpha value is -3.35. The Bertz CT molecular complexity index is 1300. The highest BCUT2D eigenvalue weighted by Gasteiger charge is 2.45. The summed E-state index contributed by atoms with van der Waals surface area (Å²) in [6, 6.07) is 8.80. The number of benzene rings is 2. The van der Waals surface area contributed by atoms with Gasteiger partial charge >= 0.3 is 10.1 Å². The number of hydrogen-bond donors (Lipinski definition) is 1. The average molecular weight is 503 g/mol. The van der Waals surface area contributed by atoms with E-state index in [0.29, 0.717) is 37.4 Å². The number of nitrogens with one attached hydrogen (secondary N) is 1. The number of hydroxylamine groups is 2. The van der Waals surface area contributed by atoms with Gasteiger partial charge in [-0.3, -0.25) is 14.4 Å². The van der Waals surface area contributed by atoms with Crippen molar-refractivity contribution in [3.8, 4) is 0 Å². The lowest BCUT2D eigenvalue weighted by Crippen LogP contribution is -2.54. The van der Waals surface area contributed by atoms with Gasteiger partial charge in [-0.05, 0) is 36.2 Å². The van der Waals surface area contributed by atoms with E-state index in [1.807, 2.05) is 4.90 Å². The minimum atomic E-state index is -4.44. The molecule has 1 atom stereocenters. The van der Waals surface area contributed by atoms with Crippen molar-refractivity contribution in [3.63, 3.8) is 0 Å². The Labute approximate surface area is 201 Å². The molecule has 0 saturated carbocycles. The standard InChI is InChI=1S/C23H23FN4O6S/c24-18-13-17-15(12-20(18)26-10-8-25-9-11-26)14-27(22(17)30)19-6-7-21(29)28(23(19)31)34-35(32,33)16-4-2-1-3-5-16/h1-5,12-13,19,25H,6-11,14H2/t19-/m0/s1. The molecule has 0 unspecified atom stereocenters. The second-order valence-corrected chi connectivity index (χ2v) is 10.1. The molecule has 1 N–H and O–H groups in total. The van der Waals surface area contributed by atoms with Crippen LogP contribution in [0.4, 0.5) is 10.1 Å². The van der Waals surface area contributed by atoms with Crippen LogP contribution in [0.15, 0.2) is 47.4 Å². The van der Waals surface area contributed by atoms with E-state index in [9.17, 15) is 27.2 Å². The van der Waals surface area contributed by atoms with Crippen molar-refractivity contribution in [2.75, 3.05) is 31.1 Å². The molecule has 0 aromatic heterocycles. The predicted molar refractivity (Wildman–Crippen MR) is 121 cm³/mol. The number of carbonyl (C=O) groups is 3. The summed E-state index contributed by atoms with van der Waals surface area (Å²) in [5.41, 5.74) is 1.11. The van der Waals surface area contributed by atoms with Gasteiger partial charge < -0.3 is 15.1 Å². The molecule has 0 aliphatic carbocycles. The van der Waals surface area contributed by atoms with Crippen LogP contribution in [0.2, 0.25) is 0 Å². The number of piperazine rings is 1. The number of halogens is 1. The highest BCUT2D eigenvalue weighted by atomic mass is 32.2. The Morgan fingerprint density at radius 2 is 1.74 bits per heavy atom. The van der Waals surface area contributed by atoms with Crippen molar-refractivity contribution in [2.24, 2.45) is 0 Å². The normalized spacial score (nSPS) is 21.0. The molecule has 2 aromatic carbocycles. The van der Waals surface area contributed by atoms with Crippen LogP contribution in [0, 0.1) is 5.82 Å². The third-order valence-corrected chi connectivity index (χ3v) is 7.58. The third kappa shape index (κ3) is 4.28. The Morgan fingerprint density at radius 1 is 1.03 bits per heavy atom. The molecule has 3 amide bonds. The zero-order valence-corrected chi connectivity index (χ0v) is 19.5. The topological polar surface area (TPSA) is 116 Å². The van der Waals surface area contributed by atoms with Gasteiger partial charge in [-0.2, -0.15) is 8.42 Å². The van der Waals surface area contributed by atoms with Gasteiger partial charge in [0.2, 0.25) is 0 Å². The van der Waals surface area contributed by atoms with Gasteiger partial charge in [0.1, 0.15) is 11.9 Å². The van der Waals surface area contributed by atoms with Crippen LogP contribution in [-0.4, -0.2) is 68.3 Å². The lowest BCUT2D eigenvalue weighted by molar-refractivity contribution is -0.179. The van der Waals surface area contributed by atoms with Crippen molar-refractivity contribution in [2.45, 2.75) is 30.3 Å². The zero-order chi connectivity index (χ0) is 24.7. The number of rotatable bonds is 5. The van der Waals surface area contributed by atoms with Crippen LogP contribution in [0.5, 0.6) is 0 Å². The highest BCUT2D eigenvalue weighted by molar-refractivity contribution is 7.86. The van der Waals surface area contributed by atoms with Gasteiger partial charge in [-0.1, -0.05) is 18.2 Å². The molecule has 0 bridgehead atoms. The van der Waals surface area contributed by atoms with E-state index in [-0.39, 0.29) is 34.9 Å². The molecule has 2 saturated heterocycles. The minimum absolute atomic E-state index is 0.00970. The Kier molecular flexibility index (Phi) is 6.03. The Morgan fingerprint density at radius 3 is 2.46 bits per heavy atom. The number of nitrogens with zero attached hydrogens (tertiary/aromatic N) is 3. The van der Waals surface area contributed by atoms with Crippen LogP contribution in [0.3, 0.4) is 0 Å². The summed E-state index contributed by atoms with van der Waals surface area (Å²) >= 11 is 0. The first-order valence-electron chi connectivity index (χ1n) is 11.2. The molecule has 12 heteroatoms. The predicted octanol–water partition coefficient (Wildman–Crippen LogP) is 1.03. The second-order valence-electron chi connectivity index (χ2n) is 8.55. The monoisotopic (exact) mass is 502 g/mol. The van der Waals surface area contributed by atoms with E-state index in [0.717, 1.165) is 0 Å². The van der Waals surface area contributed by atoms with Gasteiger partial charge in [-0.15, -0.1) is 9.35 Å². The number of fused-ring (bicyclic) bond motifs is 1. The summed E-state index contributed by atoms with van der Waals surface area (Å²) in [6.45, 7) is 2.72. The minimum Gasteiger partial charge on any atom is -0.367 e. The van der Waals surface area contributed by atoms with Crippen LogP contribution in [0.1, 0.15) is 28.8 Å². The highest BCUT2D eigenvalue weighted by Crippen LogP contribution is 2.34. The molecular formula is C23H23FN4O6S. The first-order valence-corrected chi connectivity index (χ1v) is 12.6. The van der Waals surface area contributed by atoms with Gasteiger partial charge in [0.15, 0.2) is 0 Å². The quantitative estimate of drug-likeness (QED) is 0.603. The summed E-state index contributed by atoms with van der Waals surface area (Å²) < 4.78 is 45.0. The van der Waals surface area contributed by atoms with Crippen molar-refractivity contribution in [1.82, 2.24) is 15.3 Å². The first kappa shape index (κ1) is 23.4. The summed E-state index contributed by atoms with van der Waals surface area (Å²) in [7, 11) is -4.44. The summed E-state index contributed by atoms with van der Waals surface area (Å²) in [4.78, 5) is 41.5. The van der Waals surface area contributed by atoms with E-state index in [4.69, 9.17) is 4.28 Å². The molecule has 2 fully saturated rings. The maximum Gasteiger partial charge on any atom is 0.318 e. The van der Waals surface area contributed by atoms with Gasteiger partial charge in [0, 0.05) is 44.7 Å². The third-order valence-electron chi connectivity index (χ3n) is 6.39. The first-order chi connectivity index (χ1) is 16.8. The van der Waals surface area contributed by atoms with E-state index in [2.05, 4.69) is 5.32 Å². The van der Waals surface area contributed by atoms with Crippen molar-refractivity contribution < 1.29 is 31.5 Å². The maximum atomic E-state index is 14.9. The number of amides is 3. The van der Waals surface area contributed by atoms with Crippen LogP contribution >= 0.6 is 0 Å². The molecule has 5 rings (SSSR count). The zero-order valence-electron chi connectivity index (χ0n) is 18.6. The number of anilines is 1. The molecule has 2 aromatic rings. The van der Waals surface area contributed by atoms with Crippen molar-refractivity contribution in [3.05, 3.63) is 59.4 Å². The molecule has 3 aliphatic rings. The Balaban J connectivity index is 1.38. The fraction of sp³-hybridized carbons (Fsp3) is 0.348. The summed E-state index contributed by atoms with van der Waals surface area (Å²) in [6.07, 6.45) is -0.184. The average Bonchev–Trinajstić information content (AvgIpc) is 3.17. The molecule has 10 nitrogen and oxygen atoms in total. The lowest BCUT2D eigenvalue weighted by atomic mass is 10.0. The molecule has 0 spiro atoms. The molecule has 184 valence electrons. The molecule has 35 heavy (non-hydrogen) atoms. The van der Waals surface area contributed by atoms with E-state index in [1.54, 1.807) is 12.1 Å².